The maximum absolute atomic E-state index is 12.5. The molecular formula is C20H17N3O2S2. The average Bonchev–Trinajstić information content (AvgIpc) is 3.10. The van der Waals surface area contributed by atoms with E-state index in [0.717, 1.165) is 16.2 Å². The molecule has 0 fully saturated rings. The maximum atomic E-state index is 12.5. The van der Waals surface area contributed by atoms with Gasteiger partial charge in [-0.3, -0.25) is 14.9 Å². The van der Waals surface area contributed by atoms with Crippen LogP contribution in [-0.2, 0) is 11.2 Å². The maximum Gasteiger partial charge on any atom is 0.257 e. The first-order valence-electron chi connectivity index (χ1n) is 8.50. The van der Waals surface area contributed by atoms with Gasteiger partial charge in [0.1, 0.15) is 0 Å². The Morgan fingerprint density at radius 2 is 2.04 bits per heavy atom. The minimum Gasteiger partial charge on any atom is -0.324 e. The van der Waals surface area contributed by atoms with Crippen LogP contribution in [-0.4, -0.2) is 22.0 Å². The van der Waals surface area contributed by atoms with Crippen LogP contribution in [0, 0.1) is 0 Å². The number of rotatable bonds is 4. The second-order valence-corrected chi connectivity index (χ2v) is 8.71. The Morgan fingerprint density at radius 3 is 2.85 bits per heavy atom. The van der Waals surface area contributed by atoms with E-state index in [1.165, 1.54) is 28.7 Å². The molecule has 3 aromatic rings. The lowest BCUT2D eigenvalue weighted by molar-refractivity contribution is -0.115. The summed E-state index contributed by atoms with van der Waals surface area (Å²) in [6.45, 7) is 1.86. The Balaban J connectivity index is 1.45. The molecule has 1 atom stereocenters. The SMILES string of the molecule is CC1Sc2ccc(C(=O)Nc3ncc(Cc4ccccc4)s3)cc2NC1=O. The normalized spacial score (nSPS) is 15.7. The number of amides is 2. The van der Waals surface area contributed by atoms with Crippen molar-refractivity contribution in [3.8, 4) is 0 Å². The lowest BCUT2D eigenvalue weighted by atomic mass is 10.1. The fourth-order valence-corrected chi connectivity index (χ4v) is 4.54. The molecular weight excluding hydrogens is 378 g/mol. The van der Waals surface area contributed by atoms with E-state index in [4.69, 9.17) is 0 Å². The predicted molar refractivity (Wildman–Crippen MR) is 110 cm³/mol. The number of nitrogens with one attached hydrogen (secondary N) is 2. The number of benzene rings is 2. The van der Waals surface area contributed by atoms with Gasteiger partial charge in [0.15, 0.2) is 5.13 Å². The van der Waals surface area contributed by atoms with E-state index < -0.39 is 0 Å². The van der Waals surface area contributed by atoms with Crippen LogP contribution in [0.3, 0.4) is 0 Å². The lowest BCUT2D eigenvalue weighted by Gasteiger charge is -2.21. The van der Waals surface area contributed by atoms with Crippen molar-refractivity contribution in [3.63, 3.8) is 0 Å². The molecule has 27 heavy (non-hydrogen) atoms. The molecule has 2 amide bonds. The van der Waals surface area contributed by atoms with Gasteiger partial charge in [-0.25, -0.2) is 4.98 Å². The van der Waals surface area contributed by atoms with Gasteiger partial charge in [-0.1, -0.05) is 30.3 Å². The van der Waals surface area contributed by atoms with Gasteiger partial charge in [-0.05, 0) is 30.7 Å². The molecule has 7 heteroatoms. The van der Waals surface area contributed by atoms with Crippen LogP contribution >= 0.6 is 23.1 Å². The van der Waals surface area contributed by atoms with E-state index in [1.54, 1.807) is 18.3 Å². The van der Waals surface area contributed by atoms with Crippen LogP contribution in [0.2, 0.25) is 0 Å². The third-order valence-electron chi connectivity index (χ3n) is 4.17. The summed E-state index contributed by atoms with van der Waals surface area (Å²) in [5, 5.41) is 6.12. The Labute approximate surface area is 165 Å². The molecule has 1 aliphatic heterocycles. The largest absolute Gasteiger partial charge is 0.324 e. The van der Waals surface area contributed by atoms with Gasteiger partial charge in [0, 0.05) is 28.0 Å². The minimum atomic E-state index is -0.240. The summed E-state index contributed by atoms with van der Waals surface area (Å²) in [4.78, 5) is 30.7. The summed E-state index contributed by atoms with van der Waals surface area (Å²) >= 11 is 2.96. The second-order valence-electron chi connectivity index (χ2n) is 6.21. The topological polar surface area (TPSA) is 71.1 Å². The van der Waals surface area contributed by atoms with Crippen LogP contribution in [0.25, 0.3) is 0 Å². The smallest absolute Gasteiger partial charge is 0.257 e. The molecule has 1 aromatic heterocycles. The standard InChI is InChI=1S/C20H17N3O2S2/c1-12-18(24)22-16-10-14(7-8-17(16)26-12)19(25)23-20-21-11-15(27-20)9-13-5-3-2-4-6-13/h2-8,10-12H,9H2,1H3,(H,22,24)(H,21,23,25). The van der Waals surface area contributed by atoms with E-state index in [9.17, 15) is 9.59 Å². The molecule has 5 nitrogen and oxygen atoms in total. The van der Waals surface area contributed by atoms with Crippen molar-refractivity contribution in [2.24, 2.45) is 0 Å². The molecule has 2 N–H and O–H groups in total. The predicted octanol–water partition coefficient (Wildman–Crippen LogP) is 4.42. The number of thioether (sulfide) groups is 1. The Bertz CT molecular complexity index is 1000. The molecule has 136 valence electrons. The van der Waals surface area contributed by atoms with Crippen molar-refractivity contribution < 1.29 is 9.59 Å². The number of hydrogen-bond acceptors (Lipinski definition) is 5. The molecule has 4 rings (SSSR count). The number of fused-ring (bicyclic) bond motifs is 1. The van der Waals surface area contributed by atoms with Crippen molar-refractivity contribution >= 4 is 45.7 Å². The summed E-state index contributed by atoms with van der Waals surface area (Å²) in [6.07, 6.45) is 2.58. The van der Waals surface area contributed by atoms with E-state index in [1.807, 2.05) is 31.2 Å². The highest BCUT2D eigenvalue weighted by atomic mass is 32.2. The summed E-state index contributed by atoms with van der Waals surface area (Å²) in [5.41, 5.74) is 2.37. The van der Waals surface area contributed by atoms with E-state index in [2.05, 4.69) is 27.8 Å². The first-order valence-corrected chi connectivity index (χ1v) is 10.2. The molecule has 0 saturated carbocycles. The highest BCUT2D eigenvalue weighted by molar-refractivity contribution is 8.00. The fourth-order valence-electron chi connectivity index (χ4n) is 2.76. The molecule has 2 aromatic carbocycles. The van der Waals surface area contributed by atoms with Crippen molar-refractivity contribution in [3.05, 3.63) is 70.7 Å². The van der Waals surface area contributed by atoms with Crippen LogP contribution in [0.4, 0.5) is 10.8 Å². The first-order chi connectivity index (χ1) is 13.1. The molecule has 0 aliphatic carbocycles. The number of thiazole rings is 1. The first kappa shape index (κ1) is 17.8. The highest BCUT2D eigenvalue weighted by Crippen LogP contribution is 2.36. The molecule has 1 aliphatic rings. The zero-order valence-corrected chi connectivity index (χ0v) is 16.2. The Morgan fingerprint density at radius 1 is 1.22 bits per heavy atom. The lowest BCUT2D eigenvalue weighted by Crippen LogP contribution is -2.26. The molecule has 0 radical (unpaired) electrons. The Hall–Kier alpha value is -2.64. The third kappa shape index (κ3) is 4.04. The van der Waals surface area contributed by atoms with Gasteiger partial charge in [0.25, 0.3) is 5.91 Å². The van der Waals surface area contributed by atoms with Crippen LogP contribution in [0.15, 0.2) is 59.6 Å². The van der Waals surface area contributed by atoms with Crippen molar-refractivity contribution in [2.75, 3.05) is 10.6 Å². The fraction of sp³-hybridized carbons (Fsp3) is 0.150. The zero-order valence-electron chi connectivity index (χ0n) is 14.6. The molecule has 0 spiro atoms. The average molecular weight is 396 g/mol. The van der Waals surface area contributed by atoms with Gasteiger partial charge in [-0.15, -0.1) is 23.1 Å². The van der Waals surface area contributed by atoms with E-state index in [0.29, 0.717) is 16.4 Å². The number of aromatic nitrogens is 1. The van der Waals surface area contributed by atoms with E-state index >= 15 is 0 Å². The van der Waals surface area contributed by atoms with Crippen molar-refractivity contribution in [1.29, 1.82) is 0 Å². The summed E-state index contributed by atoms with van der Waals surface area (Å²) in [7, 11) is 0. The molecule has 2 heterocycles. The molecule has 1 unspecified atom stereocenters. The summed E-state index contributed by atoms with van der Waals surface area (Å²) < 4.78 is 0. The van der Waals surface area contributed by atoms with Gasteiger partial charge in [0.05, 0.1) is 10.9 Å². The number of hydrogen-bond donors (Lipinski definition) is 2. The second kappa shape index (κ2) is 7.54. The summed E-state index contributed by atoms with van der Waals surface area (Å²) in [5.74, 6) is -0.285. The Kier molecular flexibility index (Phi) is 4.96. The van der Waals surface area contributed by atoms with Gasteiger partial charge in [0.2, 0.25) is 5.91 Å². The van der Waals surface area contributed by atoms with Crippen LogP contribution < -0.4 is 10.6 Å². The summed E-state index contributed by atoms with van der Waals surface area (Å²) in [6, 6.07) is 15.5. The number of carbonyl (C=O) groups is 2. The monoisotopic (exact) mass is 395 g/mol. The van der Waals surface area contributed by atoms with Gasteiger partial charge >= 0.3 is 0 Å². The third-order valence-corrected chi connectivity index (χ3v) is 6.26. The van der Waals surface area contributed by atoms with E-state index in [-0.39, 0.29) is 17.1 Å². The highest BCUT2D eigenvalue weighted by Gasteiger charge is 2.23. The number of anilines is 2. The zero-order chi connectivity index (χ0) is 18.8. The molecule has 0 saturated heterocycles. The van der Waals surface area contributed by atoms with Crippen LogP contribution in [0.1, 0.15) is 27.7 Å². The minimum absolute atomic E-state index is 0.0458. The van der Waals surface area contributed by atoms with Gasteiger partial charge < -0.3 is 5.32 Å². The van der Waals surface area contributed by atoms with Gasteiger partial charge in [-0.2, -0.15) is 0 Å². The van der Waals surface area contributed by atoms with Crippen molar-refractivity contribution in [1.82, 2.24) is 4.98 Å². The quantitative estimate of drug-likeness (QED) is 0.686. The van der Waals surface area contributed by atoms with Crippen LogP contribution in [0.5, 0.6) is 0 Å². The van der Waals surface area contributed by atoms with Crippen molar-refractivity contribution in [2.45, 2.75) is 23.5 Å². The molecule has 0 bridgehead atoms. The number of carbonyl (C=O) groups excluding carboxylic acids is 2. The number of nitrogens with zero attached hydrogens (tertiary/aromatic N) is 1.